The Bertz CT molecular complexity index is 2700. The van der Waals surface area contributed by atoms with E-state index in [-0.39, 0.29) is 31.6 Å². The molecule has 26 heteroatoms. The molecule has 0 amide bonds. The lowest BCUT2D eigenvalue weighted by atomic mass is 10.0. The van der Waals surface area contributed by atoms with Gasteiger partial charge in [-0.25, -0.2) is 39.8 Å². The van der Waals surface area contributed by atoms with Crippen molar-refractivity contribution in [1.29, 1.82) is 0 Å². The zero-order valence-corrected chi connectivity index (χ0v) is 37.6. The van der Waals surface area contributed by atoms with E-state index in [1.165, 1.54) is 32.5 Å². The van der Waals surface area contributed by atoms with Crippen LogP contribution in [0.3, 0.4) is 0 Å². The fourth-order valence-corrected chi connectivity index (χ4v) is 9.26. The number of methoxy groups -OCH3 is 3. The second kappa shape index (κ2) is 20.2. The van der Waals surface area contributed by atoms with Crippen LogP contribution in [-0.2, 0) is 41.9 Å². The number of pyridine rings is 2. The normalized spacial score (nSPS) is 12.0. The average Bonchev–Trinajstić information content (AvgIpc) is 3.19. The van der Waals surface area contributed by atoms with Crippen molar-refractivity contribution in [2.45, 2.75) is 22.1 Å². The number of rotatable bonds is 13. The minimum absolute atomic E-state index is 0.00265. The van der Waals surface area contributed by atoms with E-state index in [4.69, 9.17) is 60.6 Å². The third-order valence-electron chi connectivity index (χ3n) is 7.94. The average molecular weight is 1060 g/mol. The second-order valence-electron chi connectivity index (χ2n) is 12.0. The molecule has 0 radical (unpaired) electrons. The summed E-state index contributed by atoms with van der Waals surface area (Å²) in [6.07, 6.45) is -7.43. The molecule has 0 bridgehead atoms. The van der Waals surface area contributed by atoms with Gasteiger partial charge in [-0.2, -0.15) is 26.3 Å². The maximum atomic E-state index is 13.9. The molecule has 0 N–H and O–H groups in total. The molecule has 12 nitrogen and oxygen atoms in total. The monoisotopic (exact) mass is 1060 g/mol. The van der Waals surface area contributed by atoms with Gasteiger partial charge in [-0.15, -0.1) is 0 Å². The Kier molecular flexibility index (Phi) is 16.5. The van der Waals surface area contributed by atoms with Gasteiger partial charge in [0.1, 0.15) is 35.3 Å². The Balaban J connectivity index is 0.000000287. The standard InChI is InChI=1S/C22H16Cl2F4N2O5S.C14H10BrCl2F3N2O3S/c1-34-11-30(36(32,33)14-4-5-17(24)16(9-14)22(26,27)28)18-7-12(23)10-29-20(18)21(31)15-8-13(25)3-6-19(15)35-2;1-25-7-22(12-4-8(16)6-21-13(12)15)26(23,24)9-2-3-11(17)10(5-9)14(18,19)20/h3-10H,11H2,1-2H3;2-6H,7H2,1H3. The molecule has 62 heavy (non-hydrogen) atoms. The number of ketones is 1. The zero-order chi connectivity index (χ0) is 46.5. The summed E-state index contributed by atoms with van der Waals surface area (Å²) in [7, 11) is -5.64. The molecule has 0 unspecified atom stereocenters. The minimum atomic E-state index is -4.94. The highest BCUT2D eigenvalue weighted by atomic mass is 79.9. The number of hydrogen-bond acceptors (Lipinski definition) is 10. The predicted octanol–water partition coefficient (Wildman–Crippen LogP) is 10.6. The highest BCUT2D eigenvalue weighted by Gasteiger charge is 2.38. The molecule has 5 aromatic rings. The van der Waals surface area contributed by atoms with Gasteiger partial charge in [-0.3, -0.25) is 4.79 Å². The summed E-state index contributed by atoms with van der Waals surface area (Å²) in [6.45, 7) is -1.22. The topological polar surface area (TPSA) is 145 Å². The molecule has 0 atom stereocenters. The van der Waals surface area contributed by atoms with E-state index >= 15 is 0 Å². The number of anilines is 2. The first kappa shape index (κ1) is 50.6. The number of sulfonamides is 2. The van der Waals surface area contributed by atoms with Gasteiger partial charge < -0.3 is 14.2 Å². The van der Waals surface area contributed by atoms with Crippen molar-refractivity contribution in [1.82, 2.24) is 9.97 Å². The molecule has 0 aliphatic rings. The quantitative estimate of drug-likeness (QED) is 0.0483. The smallest absolute Gasteiger partial charge is 0.417 e. The molecule has 0 aliphatic carbocycles. The highest BCUT2D eigenvalue weighted by molar-refractivity contribution is 9.10. The van der Waals surface area contributed by atoms with Crippen molar-refractivity contribution in [2.24, 2.45) is 0 Å². The summed E-state index contributed by atoms with van der Waals surface area (Å²) in [5.74, 6) is -1.75. The van der Waals surface area contributed by atoms with Crippen molar-refractivity contribution in [2.75, 3.05) is 43.4 Å². The summed E-state index contributed by atoms with van der Waals surface area (Å²) in [5.41, 5.74) is -3.86. The molecular weight excluding hydrogens is 1040 g/mol. The summed E-state index contributed by atoms with van der Waals surface area (Å²) in [6, 6.07) is 9.76. The van der Waals surface area contributed by atoms with E-state index in [0.29, 0.717) is 16.4 Å². The van der Waals surface area contributed by atoms with Crippen LogP contribution in [0, 0.1) is 5.82 Å². The third kappa shape index (κ3) is 11.6. The third-order valence-corrected chi connectivity index (χ3v) is 13.1. The van der Waals surface area contributed by atoms with E-state index in [9.17, 15) is 52.4 Å². The number of carbonyl (C=O) groups is 1. The Hall–Kier alpha value is -4.00. The molecule has 0 spiro atoms. The van der Waals surface area contributed by atoms with Gasteiger partial charge in [0.15, 0.2) is 0 Å². The zero-order valence-electron chi connectivity index (χ0n) is 31.3. The Labute approximate surface area is 377 Å². The Morgan fingerprint density at radius 2 is 1.13 bits per heavy atom. The lowest BCUT2D eigenvalue weighted by Crippen LogP contribution is -2.34. The van der Waals surface area contributed by atoms with E-state index in [2.05, 4.69) is 25.9 Å². The summed E-state index contributed by atoms with van der Waals surface area (Å²) in [5, 5.41) is -1.29. The van der Waals surface area contributed by atoms with Gasteiger partial charge in [0, 0.05) is 26.6 Å². The molecule has 0 fully saturated rings. The number of carbonyl (C=O) groups excluding carboxylic acids is 1. The molecule has 0 saturated heterocycles. The van der Waals surface area contributed by atoms with Gasteiger partial charge in [0.2, 0.25) is 5.78 Å². The highest BCUT2D eigenvalue weighted by Crippen LogP contribution is 2.40. The number of benzene rings is 3. The first-order valence-corrected chi connectivity index (χ1v) is 21.6. The number of alkyl halides is 6. The van der Waals surface area contributed by atoms with Crippen LogP contribution in [0.5, 0.6) is 5.75 Å². The van der Waals surface area contributed by atoms with Crippen LogP contribution in [0.2, 0.25) is 20.1 Å². The molecule has 0 saturated carbocycles. The van der Waals surface area contributed by atoms with Crippen LogP contribution >= 0.6 is 62.3 Å². The van der Waals surface area contributed by atoms with Crippen LogP contribution in [-0.4, -0.2) is 67.4 Å². The van der Waals surface area contributed by atoms with Gasteiger partial charge >= 0.3 is 12.4 Å². The van der Waals surface area contributed by atoms with Crippen LogP contribution in [0.1, 0.15) is 27.2 Å². The van der Waals surface area contributed by atoms with E-state index < -0.39 is 99.8 Å². The fourth-order valence-electron chi connectivity index (χ4n) is 5.16. The Morgan fingerprint density at radius 3 is 1.58 bits per heavy atom. The number of ether oxygens (including phenoxy) is 3. The SMILES string of the molecule is COCN(c1cc(Cl)cnc1Br)S(=O)(=O)c1ccc(Cl)c(C(F)(F)F)c1.COCN(c1cc(Cl)cnc1C(=O)c1cc(F)ccc1OC)S(=O)(=O)c1ccc(Cl)c(C(F)(F)F)c1. The summed E-state index contributed by atoms with van der Waals surface area (Å²) in [4.78, 5) is 19.7. The Morgan fingerprint density at radius 1 is 0.677 bits per heavy atom. The van der Waals surface area contributed by atoms with Crippen LogP contribution in [0.4, 0.5) is 42.1 Å². The van der Waals surface area contributed by atoms with Crippen molar-refractivity contribution in [3.8, 4) is 5.75 Å². The van der Waals surface area contributed by atoms with Crippen molar-refractivity contribution < 1.29 is 66.6 Å². The number of hydrogen-bond donors (Lipinski definition) is 0. The van der Waals surface area contributed by atoms with Gasteiger partial charge in [-0.05, 0) is 82.7 Å². The lowest BCUT2D eigenvalue weighted by Gasteiger charge is -2.25. The van der Waals surface area contributed by atoms with Gasteiger partial charge in [-0.1, -0.05) is 46.4 Å². The predicted molar refractivity (Wildman–Crippen MR) is 219 cm³/mol. The lowest BCUT2D eigenvalue weighted by molar-refractivity contribution is -0.138. The maximum absolute atomic E-state index is 13.9. The van der Waals surface area contributed by atoms with Gasteiger partial charge in [0.25, 0.3) is 20.0 Å². The van der Waals surface area contributed by atoms with Crippen LogP contribution < -0.4 is 13.3 Å². The molecular formula is C36H26BrCl4F7N4O8S2. The first-order chi connectivity index (χ1) is 28.8. The molecule has 334 valence electrons. The fraction of sp³-hybridized carbons (Fsp3) is 0.194. The minimum Gasteiger partial charge on any atom is -0.496 e. The van der Waals surface area contributed by atoms with Crippen molar-refractivity contribution >= 4 is 99.5 Å². The number of nitrogens with zero attached hydrogens (tertiary/aromatic N) is 4. The van der Waals surface area contributed by atoms with Crippen molar-refractivity contribution in [3.05, 3.63) is 132 Å². The summed E-state index contributed by atoms with van der Waals surface area (Å²) >= 11 is 26.1. The largest absolute Gasteiger partial charge is 0.496 e. The molecule has 2 aromatic heterocycles. The molecule has 0 aliphatic heterocycles. The molecule has 5 rings (SSSR count). The van der Waals surface area contributed by atoms with Gasteiger partial charge in [0.05, 0.1) is 65.1 Å². The van der Waals surface area contributed by atoms with Crippen LogP contribution in [0.15, 0.2) is 93.5 Å². The van der Waals surface area contributed by atoms with E-state index in [1.54, 1.807) is 0 Å². The van der Waals surface area contributed by atoms with Crippen molar-refractivity contribution in [3.63, 3.8) is 0 Å². The first-order valence-electron chi connectivity index (χ1n) is 16.4. The molecule has 3 aromatic carbocycles. The second-order valence-corrected chi connectivity index (χ2v) is 18.1. The van der Waals surface area contributed by atoms with E-state index in [1.807, 2.05) is 0 Å². The maximum Gasteiger partial charge on any atom is 0.417 e. The molecule has 2 heterocycles. The summed E-state index contributed by atoms with van der Waals surface area (Å²) < 4.78 is 162. The number of aromatic nitrogens is 2. The number of halogens is 12. The van der Waals surface area contributed by atoms with Crippen LogP contribution in [0.25, 0.3) is 0 Å². The van der Waals surface area contributed by atoms with E-state index in [0.717, 1.165) is 60.1 Å².